The summed E-state index contributed by atoms with van der Waals surface area (Å²) in [6, 6.07) is 6.47. The number of carbonyl (C=O) groups is 1. The van der Waals surface area contributed by atoms with E-state index in [1.54, 1.807) is 24.3 Å². The molecular weight excluding hydrogens is 242 g/mol. The Hall–Kier alpha value is -1.30. The number of benzene rings is 1. The van der Waals surface area contributed by atoms with E-state index in [0.717, 1.165) is 0 Å². The lowest BCUT2D eigenvalue weighted by molar-refractivity contribution is -0.00575. The molecular formula is C11H14ClN3O2. The summed E-state index contributed by atoms with van der Waals surface area (Å²) in [5, 5.41) is 18.6. The van der Waals surface area contributed by atoms with E-state index in [9.17, 15) is 9.90 Å². The molecule has 1 aliphatic rings. The Balaban J connectivity index is 1.79. The molecule has 0 aromatic heterocycles. The number of aliphatic hydroxyl groups is 1. The summed E-state index contributed by atoms with van der Waals surface area (Å²) in [6.07, 6.45) is 0. The molecule has 1 aliphatic heterocycles. The van der Waals surface area contributed by atoms with E-state index < -0.39 is 5.60 Å². The van der Waals surface area contributed by atoms with E-state index in [0.29, 0.717) is 23.8 Å². The van der Waals surface area contributed by atoms with Gasteiger partial charge in [0.2, 0.25) is 0 Å². The lowest BCUT2D eigenvalue weighted by Gasteiger charge is -2.37. The second-order valence-electron chi connectivity index (χ2n) is 4.14. The van der Waals surface area contributed by atoms with Crippen LogP contribution in [0.5, 0.6) is 0 Å². The lowest BCUT2D eigenvalue weighted by Crippen LogP contribution is -2.64. The van der Waals surface area contributed by atoms with Crippen molar-refractivity contribution in [2.24, 2.45) is 0 Å². The fraction of sp³-hybridized carbons (Fsp3) is 0.364. The number of nitrogens with one attached hydrogen (secondary N) is 3. The van der Waals surface area contributed by atoms with Crippen molar-refractivity contribution in [2.75, 3.05) is 25.0 Å². The third-order valence-corrected chi connectivity index (χ3v) is 2.84. The van der Waals surface area contributed by atoms with Gasteiger partial charge in [0.25, 0.3) is 0 Å². The van der Waals surface area contributed by atoms with Gasteiger partial charge in [-0.3, -0.25) is 0 Å². The number of hydrogen-bond donors (Lipinski definition) is 4. The Morgan fingerprint density at radius 2 is 2.06 bits per heavy atom. The summed E-state index contributed by atoms with van der Waals surface area (Å²) in [5.74, 6) is 0. The SMILES string of the molecule is O=C(NCC1(O)CNC1)Nc1ccc(Cl)cc1. The molecule has 0 atom stereocenters. The summed E-state index contributed by atoms with van der Waals surface area (Å²) < 4.78 is 0. The molecule has 6 heteroatoms. The number of amides is 2. The molecule has 2 rings (SSSR count). The highest BCUT2D eigenvalue weighted by atomic mass is 35.5. The molecule has 0 bridgehead atoms. The molecule has 0 spiro atoms. The number of anilines is 1. The van der Waals surface area contributed by atoms with Crippen LogP contribution in [-0.4, -0.2) is 36.4 Å². The second-order valence-corrected chi connectivity index (χ2v) is 4.58. The van der Waals surface area contributed by atoms with Crippen molar-refractivity contribution in [2.45, 2.75) is 5.60 Å². The molecule has 0 radical (unpaired) electrons. The van der Waals surface area contributed by atoms with Crippen molar-refractivity contribution < 1.29 is 9.90 Å². The molecule has 17 heavy (non-hydrogen) atoms. The molecule has 4 N–H and O–H groups in total. The van der Waals surface area contributed by atoms with Crippen molar-refractivity contribution in [1.82, 2.24) is 10.6 Å². The minimum atomic E-state index is -0.808. The van der Waals surface area contributed by atoms with Gasteiger partial charge in [-0.1, -0.05) is 11.6 Å². The Morgan fingerprint density at radius 3 is 2.59 bits per heavy atom. The summed E-state index contributed by atoms with van der Waals surface area (Å²) in [7, 11) is 0. The first-order valence-corrected chi connectivity index (χ1v) is 5.69. The van der Waals surface area contributed by atoms with Crippen LogP contribution in [0.1, 0.15) is 0 Å². The average Bonchev–Trinajstić information content (AvgIpc) is 2.27. The molecule has 1 fully saturated rings. The predicted octanol–water partition coefficient (Wildman–Crippen LogP) is 0.796. The highest BCUT2D eigenvalue weighted by Crippen LogP contribution is 2.13. The van der Waals surface area contributed by atoms with Gasteiger partial charge in [0.15, 0.2) is 0 Å². The van der Waals surface area contributed by atoms with Crippen LogP contribution >= 0.6 is 11.6 Å². The Morgan fingerprint density at radius 1 is 1.41 bits per heavy atom. The predicted molar refractivity (Wildman–Crippen MR) is 66.3 cm³/mol. The maximum atomic E-state index is 11.5. The van der Waals surface area contributed by atoms with Gasteiger partial charge in [0, 0.05) is 23.8 Å². The third-order valence-electron chi connectivity index (χ3n) is 2.59. The quantitative estimate of drug-likeness (QED) is 0.645. The van der Waals surface area contributed by atoms with E-state index >= 15 is 0 Å². The van der Waals surface area contributed by atoms with E-state index in [1.165, 1.54) is 0 Å². The molecule has 0 saturated carbocycles. The summed E-state index contributed by atoms with van der Waals surface area (Å²) in [4.78, 5) is 11.5. The van der Waals surface area contributed by atoms with Gasteiger partial charge in [0.1, 0.15) is 5.60 Å². The van der Waals surface area contributed by atoms with E-state index in [2.05, 4.69) is 16.0 Å². The molecule has 1 aromatic rings. The van der Waals surface area contributed by atoms with Crippen LogP contribution in [0.15, 0.2) is 24.3 Å². The van der Waals surface area contributed by atoms with Crippen molar-refractivity contribution in [3.05, 3.63) is 29.3 Å². The van der Waals surface area contributed by atoms with Crippen LogP contribution in [-0.2, 0) is 0 Å². The minimum Gasteiger partial charge on any atom is -0.385 e. The van der Waals surface area contributed by atoms with Crippen LogP contribution in [0, 0.1) is 0 Å². The normalized spacial score (nSPS) is 17.1. The van der Waals surface area contributed by atoms with Gasteiger partial charge >= 0.3 is 6.03 Å². The number of carbonyl (C=O) groups excluding carboxylic acids is 1. The van der Waals surface area contributed by atoms with Gasteiger partial charge in [-0.2, -0.15) is 0 Å². The van der Waals surface area contributed by atoms with Crippen molar-refractivity contribution in [1.29, 1.82) is 0 Å². The van der Waals surface area contributed by atoms with Gasteiger partial charge in [-0.25, -0.2) is 4.79 Å². The first kappa shape index (κ1) is 12.2. The maximum Gasteiger partial charge on any atom is 0.319 e. The topological polar surface area (TPSA) is 73.4 Å². The number of urea groups is 1. The van der Waals surface area contributed by atoms with Gasteiger partial charge < -0.3 is 21.1 Å². The minimum absolute atomic E-state index is 0.236. The highest BCUT2D eigenvalue weighted by molar-refractivity contribution is 6.30. The number of halogens is 1. The standard InChI is InChI=1S/C11H14ClN3O2/c12-8-1-3-9(4-2-8)15-10(16)14-7-11(17)5-13-6-11/h1-4,13,17H,5-7H2,(H2,14,15,16). The van der Waals surface area contributed by atoms with E-state index in [4.69, 9.17) is 11.6 Å². The monoisotopic (exact) mass is 255 g/mol. The summed E-state index contributed by atoms with van der Waals surface area (Å²) in [6.45, 7) is 1.25. The van der Waals surface area contributed by atoms with Crippen molar-refractivity contribution >= 4 is 23.3 Å². The smallest absolute Gasteiger partial charge is 0.319 e. The molecule has 92 valence electrons. The molecule has 1 heterocycles. The number of β-amino-alcohol motifs (C(OH)–C–C–N with tert-alkyl or cyclic N) is 1. The van der Waals surface area contributed by atoms with Crippen LogP contribution < -0.4 is 16.0 Å². The first-order valence-electron chi connectivity index (χ1n) is 5.31. The molecule has 0 unspecified atom stereocenters. The Labute approximate surface area is 104 Å². The second kappa shape index (κ2) is 4.91. The lowest BCUT2D eigenvalue weighted by atomic mass is 9.98. The van der Waals surface area contributed by atoms with Gasteiger partial charge in [0.05, 0.1) is 6.54 Å². The van der Waals surface area contributed by atoms with Crippen LogP contribution in [0.25, 0.3) is 0 Å². The van der Waals surface area contributed by atoms with Crippen LogP contribution in [0.4, 0.5) is 10.5 Å². The molecule has 2 amide bonds. The van der Waals surface area contributed by atoms with Crippen LogP contribution in [0.2, 0.25) is 5.02 Å². The van der Waals surface area contributed by atoms with Gasteiger partial charge in [-0.15, -0.1) is 0 Å². The van der Waals surface area contributed by atoms with Crippen molar-refractivity contribution in [3.8, 4) is 0 Å². The number of hydrogen-bond acceptors (Lipinski definition) is 3. The largest absolute Gasteiger partial charge is 0.385 e. The maximum absolute atomic E-state index is 11.5. The van der Waals surface area contributed by atoms with E-state index in [-0.39, 0.29) is 12.6 Å². The molecule has 1 saturated heterocycles. The summed E-state index contributed by atoms with van der Waals surface area (Å²) >= 11 is 5.73. The zero-order valence-corrected chi connectivity index (χ0v) is 9.92. The number of rotatable bonds is 3. The average molecular weight is 256 g/mol. The fourth-order valence-electron chi connectivity index (χ4n) is 1.49. The zero-order valence-electron chi connectivity index (χ0n) is 9.16. The fourth-order valence-corrected chi connectivity index (χ4v) is 1.62. The Bertz CT molecular complexity index is 404. The Kier molecular flexibility index (Phi) is 3.51. The first-order chi connectivity index (χ1) is 8.07. The highest BCUT2D eigenvalue weighted by Gasteiger charge is 2.34. The zero-order chi connectivity index (χ0) is 12.3. The molecule has 0 aliphatic carbocycles. The van der Waals surface area contributed by atoms with E-state index in [1.807, 2.05) is 0 Å². The molecule has 1 aromatic carbocycles. The summed E-state index contributed by atoms with van der Waals surface area (Å²) in [5.41, 5.74) is -0.150. The third kappa shape index (κ3) is 3.33. The van der Waals surface area contributed by atoms with Crippen molar-refractivity contribution in [3.63, 3.8) is 0 Å². The molecule has 5 nitrogen and oxygen atoms in total. The van der Waals surface area contributed by atoms with Gasteiger partial charge in [-0.05, 0) is 24.3 Å². The van der Waals surface area contributed by atoms with Crippen LogP contribution in [0.3, 0.4) is 0 Å².